The quantitative estimate of drug-likeness (QED) is 0.572. The topological polar surface area (TPSA) is 116 Å². The van der Waals surface area contributed by atoms with Crippen LogP contribution in [0.15, 0.2) is 18.5 Å². The molecule has 0 spiro atoms. The largest absolute Gasteiger partial charge is 0.480 e. The van der Waals surface area contributed by atoms with Crippen LogP contribution in [0.3, 0.4) is 0 Å². The SMILES string of the molecule is CN(CC(=O)N[C@H](CCO)C(=O)O)c1ncccn1. The molecule has 1 aromatic heterocycles. The fourth-order valence-corrected chi connectivity index (χ4v) is 1.40. The van der Waals surface area contributed by atoms with Crippen molar-refractivity contribution in [1.82, 2.24) is 15.3 Å². The summed E-state index contributed by atoms with van der Waals surface area (Å²) in [7, 11) is 1.62. The maximum absolute atomic E-state index is 11.7. The minimum absolute atomic E-state index is 0.0351. The summed E-state index contributed by atoms with van der Waals surface area (Å²) in [5, 5.41) is 19.9. The fraction of sp³-hybridized carbons (Fsp3) is 0.455. The molecule has 0 unspecified atom stereocenters. The number of aliphatic carboxylic acids is 1. The second kappa shape index (κ2) is 7.27. The number of carboxylic acid groups (broad SMARTS) is 1. The Morgan fingerprint density at radius 3 is 2.58 bits per heavy atom. The highest BCUT2D eigenvalue weighted by molar-refractivity contribution is 5.86. The van der Waals surface area contributed by atoms with Crippen molar-refractivity contribution in [3.63, 3.8) is 0 Å². The summed E-state index contributed by atoms with van der Waals surface area (Å²) in [4.78, 5) is 31.9. The predicted molar refractivity (Wildman–Crippen MR) is 66.6 cm³/mol. The number of nitrogens with one attached hydrogen (secondary N) is 1. The molecule has 3 N–H and O–H groups in total. The van der Waals surface area contributed by atoms with Crippen molar-refractivity contribution in [3.8, 4) is 0 Å². The van der Waals surface area contributed by atoms with Gasteiger partial charge in [0.2, 0.25) is 11.9 Å². The Labute approximate surface area is 110 Å². The van der Waals surface area contributed by atoms with E-state index in [2.05, 4.69) is 15.3 Å². The predicted octanol–water partition coefficient (Wildman–Crippen LogP) is -1.14. The van der Waals surface area contributed by atoms with Crippen LogP contribution in [0.4, 0.5) is 5.95 Å². The zero-order valence-electron chi connectivity index (χ0n) is 10.5. The Kier molecular flexibility index (Phi) is 5.68. The van der Waals surface area contributed by atoms with Crippen molar-refractivity contribution in [2.24, 2.45) is 0 Å². The van der Waals surface area contributed by atoms with Crippen LogP contribution in [-0.4, -0.2) is 58.3 Å². The van der Waals surface area contributed by atoms with E-state index in [1.165, 1.54) is 4.90 Å². The Balaban J connectivity index is 2.52. The molecule has 104 valence electrons. The smallest absolute Gasteiger partial charge is 0.326 e. The molecule has 0 aliphatic carbocycles. The zero-order chi connectivity index (χ0) is 14.3. The van der Waals surface area contributed by atoms with Gasteiger partial charge in [-0.25, -0.2) is 14.8 Å². The van der Waals surface area contributed by atoms with Crippen molar-refractivity contribution in [3.05, 3.63) is 18.5 Å². The van der Waals surface area contributed by atoms with Crippen LogP contribution in [0.2, 0.25) is 0 Å². The number of aromatic nitrogens is 2. The minimum atomic E-state index is -1.18. The number of likely N-dealkylation sites (N-methyl/N-ethyl adjacent to an activating group) is 1. The lowest BCUT2D eigenvalue weighted by Crippen LogP contribution is -2.45. The van der Waals surface area contributed by atoms with Gasteiger partial charge in [-0.1, -0.05) is 0 Å². The summed E-state index contributed by atoms with van der Waals surface area (Å²) in [6, 6.07) is 0.557. The lowest BCUT2D eigenvalue weighted by Gasteiger charge is -2.18. The molecule has 8 heteroatoms. The number of carboxylic acids is 1. The van der Waals surface area contributed by atoms with Crippen molar-refractivity contribution < 1.29 is 19.8 Å². The molecule has 0 radical (unpaired) electrons. The fourth-order valence-electron chi connectivity index (χ4n) is 1.40. The first-order valence-electron chi connectivity index (χ1n) is 5.65. The molecular formula is C11H16N4O4. The summed E-state index contributed by atoms with van der Waals surface area (Å²) in [6.45, 7) is -0.381. The van der Waals surface area contributed by atoms with Crippen LogP contribution < -0.4 is 10.2 Å². The van der Waals surface area contributed by atoms with E-state index >= 15 is 0 Å². The molecule has 0 aliphatic rings. The molecule has 1 heterocycles. The average Bonchev–Trinajstić information content (AvgIpc) is 2.39. The summed E-state index contributed by atoms with van der Waals surface area (Å²) in [5.74, 6) is -1.29. The van der Waals surface area contributed by atoms with Crippen molar-refractivity contribution in [1.29, 1.82) is 0 Å². The van der Waals surface area contributed by atoms with E-state index in [0.717, 1.165) is 0 Å². The van der Waals surface area contributed by atoms with E-state index in [9.17, 15) is 9.59 Å². The number of nitrogens with zero attached hydrogens (tertiary/aromatic N) is 3. The van der Waals surface area contributed by atoms with Crippen molar-refractivity contribution in [2.45, 2.75) is 12.5 Å². The molecule has 0 bridgehead atoms. The third kappa shape index (κ3) is 4.88. The van der Waals surface area contributed by atoms with Crippen molar-refractivity contribution in [2.75, 3.05) is 25.1 Å². The number of carbonyl (C=O) groups is 2. The van der Waals surface area contributed by atoms with E-state index < -0.39 is 17.9 Å². The Hall–Kier alpha value is -2.22. The van der Waals surface area contributed by atoms with Gasteiger partial charge in [-0.05, 0) is 6.07 Å². The van der Waals surface area contributed by atoms with Gasteiger partial charge in [0.15, 0.2) is 0 Å². The minimum Gasteiger partial charge on any atom is -0.480 e. The van der Waals surface area contributed by atoms with Gasteiger partial charge < -0.3 is 20.4 Å². The first-order valence-corrected chi connectivity index (χ1v) is 5.65. The molecule has 0 saturated heterocycles. The van der Waals surface area contributed by atoms with E-state index in [4.69, 9.17) is 10.2 Å². The molecule has 1 rings (SSSR count). The molecule has 0 aromatic carbocycles. The highest BCUT2D eigenvalue weighted by Gasteiger charge is 2.20. The van der Waals surface area contributed by atoms with Crippen LogP contribution in [0.25, 0.3) is 0 Å². The first kappa shape index (κ1) is 14.8. The van der Waals surface area contributed by atoms with Gasteiger partial charge in [-0.15, -0.1) is 0 Å². The molecule has 1 atom stereocenters. The molecule has 1 amide bonds. The number of aliphatic hydroxyl groups is 1. The highest BCUT2D eigenvalue weighted by atomic mass is 16.4. The third-order valence-corrected chi connectivity index (χ3v) is 2.33. The van der Waals surface area contributed by atoms with Gasteiger partial charge in [-0.2, -0.15) is 0 Å². The van der Waals surface area contributed by atoms with Gasteiger partial charge in [0.05, 0.1) is 6.54 Å². The molecule has 19 heavy (non-hydrogen) atoms. The van der Waals surface area contributed by atoms with Crippen molar-refractivity contribution >= 4 is 17.8 Å². The van der Waals surface area contributed by atoms with Gasteiger partial charge in [0.25, 0.3) is 0 Å². The maximum atomic E-state index is 11.7. The van der Waals surface area contributed by atoms with Crippen LogP contribution >= 0.6 is 0 Å². The second-order valence-corrected chi connectivity index (χ2v) is 3.88. The summed E-state index contributed by atoms with van der Waals surface area (Å²) >= 11 is 0. The third-order valence-electron chi connectivity index (χ3n) is 2.33. The Morgan fingerprint density at radius 2 is 2.05 bits per heavy atom. The Bertz CT molecular complexity index is 426. The number of hydrogen-bond acceptors (Lipinski definition) is 6. The number of amides is 1. The molecule has 0 saturated carbocycles. The van der Waals surface area contributed by atoms with E-state index in [1.807, 2.05) is 0 Å². The van der Waals surface area contributed by atoms with Crippen LogP contribution in [0, 0.1) is 0 Å². The molecule has 0 fully saturated rings. The summed E-state index contributed by atoms with van der Waals surface area (Å²) in [5.41, 5.74) is 0. The first-order chi connectivity index (χ1) is 9.04. The van der Waals surface area contributed by atoms with E-state index in [1.54, 1.807) is 25.5 Å². The molecule has 1 aromatic rings. The lowest BCUT2D eigenvalue weighted by molar-refractivity contribution is -0.142. The average molecular weight is 268 g/mol. The van der Waals surface area contributed by atoms with Gasteiger partial charge >= 0.3 is 5.97 Å². The maximum Gasteiger partial charge on any atom is 0.326 e. The summed E-state index contributed by atoms with van der Waals surface area (Å²) in [6.07, 6.45) is 3.05. The van der Waals surface area contributed by atoms with Crippen LogP contribution in [0.5, 0.6) is 0 Å². The monoisotopic (exact) mass is 268 g/mol. The zero-order valence-corrected chi connectivity index (χ0v) is 10.5. The Morgan fingerprint density at radius 1 is 1.42 bits per heavy atom. The van der Waals surface area contributed by atoms with Crippen LogP contribution in [-0.2, 0) is 9.59 Å². The molecular weight excluding hydrogens is 252 g/mol. The van der Waals surface area contributed by atoms with E-state index in [0.29, 0.717) is 5.95 Å². The number of carbonyl (C=O) groups excluding carboxylic acids is 1. The standard InChI is InChI=1S/C11H16N4O4/c1-15(11-12-4-2-5-13-11)7-9(17)14-8(3-6-16)10(18)19/h2,4-5,8,16H,3,6-7H2,1H3,(H,14,17)(H,18,19)/t8-/m1/s1. The number of hydrogen-bond donors (Lipinski definition) is 3. The highest BCUT2D eigenvalue weighted by Crippen LogP contribution is 2.01. The van der Waals surface area contributed by atoms with Gasteiger partial charge in [-0.3, -0.25) is 4.79 Å². The lowest BCUT2D eigenvalue weighted by atomic mass is 10.2. The molecule has 0 aliphatic heterocycles. The van der Waals surface area contributed by atoms with E-state index in [-0.39, 0.29) is 19.6 Å². The number of anilines is 1. The van der Waals surface area contributed by atoms with Gasteiger partial charge in [0.1, 0.15) is 6.04 Å². The normalized spacial score (nSPS) is 11.7. The number of aliphatic hydroxyl groups excluding tert-OH is 1. The summed E-state index contributed by atoms with van der Waals surface area (Å²) < 4.78 is 0. The number of rotatable bonds is 7. The van der Waals surface area contributed by atoms with Crippen LogP contribution in [0.1, 0.15) is 6.42 Å². The van der Waals surface area contributed by atoms with Gasteiger partial charge in [0, 0.05) is 32.5 Å². The molecule has 8 nitrogen and oxygen atoms in total. The second-order valence-electron chi connectivity index (χ2n) is 3.88.